The number of aryl methyl sites for hydroxylation is 2. The Hall–Kier alpha value is -3.03. The van der Waals surface area contributed by atoms with Crippen molar-refractivity contribution in [2.75, 3.05) is 39.4 Å². The predicted molar refractivity (Wildman–Crippen MR) is 118 cm³/mol. The number of fused-ring (bicyclic) bond motifs is 2. The van der Waals surface area contributed by atoms with Gasteiger partial charge >= 0.3 is 0 Å². The predicted octanol–water partition coefficient (Wildman–Crippen LogP) is 3.43. The summed E-state index contributed by atoms with van der Waals surface area (Å²) in [5, 5.41) is 0.460. The summed E-state index contributed by atoms with van der Waals surface area (Å²) < 4.78 is 25.1. The fraction of sp³-hybridized carbons (Fsp3) is 0.360. The first-order valence-corrected chi connectivity index (χ1v) is 10.9. The molecule has 1 saturated heterocycles. The quantitative estimate of drug-likeness (QED) is 0.627. The van der Waals surface area contributed by atoms with Crippen molar-refractivity contribution in [2.45, 2.75) is 19.9 Å². The van der Waals surface area contributed by atoms with Crippen molar-refractivity contribution >= 4 is 16.9 Å². The molecule has 0 N–H and O–H groups in total. The molecule has 2 aromatic carbocycles. The van der Waals surface area contributed by atoms with Gasteiger partial charge < -0.3 is 14.1 Å². The molecule has 0 saturated carbocycles. The van der Waals surface area contributed by atoms with E-state index in [4.69, 9.17) is 9.15 Å². The number of halogens is 1. The first-order valence-electron chi connectivity index (χ1n) is 10.9. The second kappa shape index (κ2) is 8.15. The molecule has 2 aliphatic rings. The Morgan fingerprint density at radius 2 is 1.69 bits per heavy atom. The molecule has 0 aliphatic carbocycles. The SMILES string of the molecule is Cc1cc2oc3c(c(=O)c2cc1C)[C@H](c1ccc(F)cc1)N(CCN1CCOCC1)C3=O. The van der Waals surface area contributed by atoms with Gasteiger partial charge in [0.1, 0.15) is 11.4 Å². The van der Waals surface area contributed by atoms with Gasteiger partial charge in [0, 0.05) is 26.2 Å². The highest BCUT2D eigenvalue weighted by molar-refractivity contribution is 5.99. The first kappa shape index (κ1) is 20.8. The summed E-state index contributed by atoms with van der Waals surface area (Å²) in [4.78, 5) is 30.9. The number of hydrogen-bond donors (Lipinski definition) is 0. The summed E-state index contributed by atoms with van der Waals surface area (Å²) in [5.74, 6) is -0.586. The van der Waals surface area contributed by atoms with Crippen LogP contribution in [0.15, 0.2) is 45.6 Å². The maximum absolute atomic E-state index is 13.6. The minimum Gasteiger partial charge on any atom is -0.450 e. The van der Waals surface area contributed by atoms with Crippen LogP contribution < -0.4 is 5.43 Å². The maximum Gasteiger partial charge on any atom is 0.290 e. The summed E-state index contributed by atoms with van der Waals surface area (Å²) in [6.07, 6.45) is 0. The Morgan fingerprint density at radius 1 is 1.00 bits per heavy atom. The van der Waals surface area contributed by atoms with Crippen molar-refractivity contribution in [3.63, 3.8) is 0 Å². The average molecular weight is 436 g/mol. The lowest BCUT2D eigenvalue weighted by Gasteiger charge is -2.31. The van der Waals surface area contributed by atoms with Crippen molar-refractivity contribution in [1.29, 1.82) is 0 Å². The number of amides is 1. The number of hydrogen-bond acceptors (Lipinski definition) is 5. The van der Waals surface area contributed by atoms with Gasteiger partial charge in [0.05, 0.1) is 30.2 Å². The van der Waals surface area contributed by atoms with Crippen LogP contribution in [0.25, 0.3) is 11.0 Å². The standard InChI is InChI=1S/C25H25FN2O4/c1-15-13-19-20(14-16(15)2)32-24-21(23(19)29)22(17-3-5-18(26)6-4-17)28(25(24)30)8-7-27-9-11-31-12-10-27/h3-6,13-14,22H,7-12H2,1-2H3/t22-/m0/s1. The summed E-state index contributed by atoms with van der Waals surface area (Å²) in [6.45, 7) is 7.91. The molecular weight excluding hydrogens is 411 g/mol. The van der Waals surface area contributed by atoms with Gasteiger partial charge in [-0.25, -0.2) is 4.39 Å². The summed E-state index contributed by atoms with van der Waals surface area (Å²) >= 11 is 0. The van der Waals surface area contributed by atoms with Gasteiger partial charge in [-0.3, -0.25) is 14.5 Å². The lowest BCUT2D eigenvalue weighted by Crippen LogP contribution is -2.42. The maximum atomic E-state index is 13.6. The molecule has 1 atom stereocenters. The summed E-state index contributed by atoms with van der Waals surface area (Å²) in [6, 6.07) is 8.99. The van der Waals surface area contributed by atoms with E-state index >= 15 is 0 Å². The third kappa shape index (κ3) is 3.51. The summed E-state index contributed by atoms with van der Waals surface area (Å²) in [5.41, 5.74) is 3.20. The zero-order chi connectivity index (χ0) is 22.4. The molecule has 7 heteroatoms. The van der Waals surface area contributed by atoms with Crippen LogP contribution in [0, 0.1) is 19.7 Å². The van der Waals surface area contributed by atoms with Crippen LogP contribution in [0.5, 0.6) is 0 Å². The lowest BCUT2D eigenvalue weighted by molar-refractivity contribution is 0.0314. The molecule has 166 valence electrons. The molecule has 0 unspecified atom stereocenters. The monoisotopic (exact) mass is 436 g/mol. The molecule has 6 nitrogen and oxygen atoms in total. The second-order valence-electron chi connectivity index (χ2n) is 8.51. The number of benzene rings is 2. The van der Waals surface area contributed by atoms with E-state index in [1.807, 2.05) is 26.0 Å². The fourth-order valence-corrected chi connectivity index (χ4v) is 4.57. The summed E-state index contributed by atoms with van der Waals surface area (Å²) in [7, 11) is 0. The Kier molecular flexibility index (Phi) is 5.31. The van der Waals surface area contributed by atoms with Crippen LogP contribution in [0.2, 0.25) is 0 Å². The molecule has 3 aromatic rings. The van der Waals surface area contributed by atoms with Crippen LogP contribution in [0.3, 0.4) is 0 Å². The van der Waals surface area contributed by atoms with Gasteiger partial charge in [0.25, 0.3) is 5.91 Å². The van der Waals surface area contributed by atoms with Crippen LogP contribution in [-0.4, -0.2) is 55.1 Å². The highest BCUT2D eigenvalue weighted by Gasteiger charge is 2.42. The van der Waals surface area contributed by atoms with Gasteiger partial charge in [0.15, 0.2) is 5.43 Å². The zero-order valence-corrected chi connectivity index (χ0v) is 18.2. The minimum atomic E-state index is -0.610. The van der Waals surface area contributed by atoms with Crippen molar-refractivity contribution < 1.29 is 18.3 Å². The number of morpholine rings is 1. The lowest BCUT2D eigenvalue weighted by atomic mass is 9.97. The molecule has 1 fully saturated rings. The van der Waals surface area contributed by atoms with Gasteiger partial charge in [-0.15, -0.1) is 0 Å². The average Bonchev–Trinajstić information content (AvgIpc) is 3.07. The van der Waals surface area contributed by atoms with E-state index in [2.05, 4.69) is 4.90 Å². The molecule has 0 radical (unpaired) electrons. The largest absolute Gasteiger partial charge is 0.450 e. The highest BCUT2D eigenvalue weighted by Crippen LogP contribution is 2.38. The van der Waals surface area contributed by atoms with E-state index in [1.165, 1.54) is 12.1 Å². The molecule has 32 heavy (non-hydrogen) atoms. The van der Waals surface area contributed by atoms with Gasteiger partial charge in [-0.05, 0) is 54.8 Å². The number of ether oxygens (including phenoxy) is 1. The third-order valence-corrected chi connectivity index (χ3v) is 6.53. The van der Waals surface area contributed by atoms with Crippen molar-refractivity contribution in [2.24, 2.45) is 0 Å². The number of rotatable bonds is 4. The molecule has 0 bridgehead atoms. The number of carbonyl (C=O) groups excluding carboxylic acids is 1. The first-order chi connectivity index (χ1) is 15.4. The zero-order valence-electron chi connectivity index (χ0n) is 18.2. The normalized spacial score (nSPS) is 19.0. The smallest absolute Gasteiger partial charge is 0.290 e. The molecule has 5 rings (SSSR count). The van der Waals surface area contributed by atoms with E-state index in [0.717, 1.165) is 24.2 Å². The van der Waals surface area contributed by atoms with Gasteiger partial charge in [-0.2, -0.15) is 0 Å². The fourth-order valence-electron chi connectivity index (χ4n) is 4.57. The van der Waals surface area contributed by atoms with Gasteiger partial charge in [0.2, 0.25) is 5.76 Å². The third-order valence-electron chi connectivity index (χ3n) is 6.53. The second-order valence-corrected chi connectivity index (χ2v) is 8.51. The molecule has 0 spiro atoms. The highest BCUT2D eigenvalue weighted by atomic mass is 19.1. The van der Waals surface area contributed by atoms with Crippen molar-refractivity contribution in [3.8, 4) is 0 Å². The Balaban J connectivity index is 1.62. The number of carbonyl (C=O) groups is 1. The van der Waals surface area contributed by atoms with Crippen LogP contribution >= 0.6 is 0 Å². The Labute approximate surface area is 185 Å². The van der Waals surface area contributed by atoms with E-state index in [-0.39, 0.29) is 22.9 Å². The van der Waals surface area contributed by atoms with E-state index in [9.17, 15) is 14.0 Å². The number of nitrogens with zero attached hydrogens (tertiary/aromatic N) is 2. The Bertz CT molecular complexity index is 1250. The van der Waals surface area contributed by atoms with E-state index < -0.39 is 6.04 Å². The van der Waals surface area contributed by atoms with Crippen molar-refractivity contribution in [1.82, 2.24) is 9.80 Å². The Morgan fingerprint density at radius 3 is 2.41 bits per heavy atom. The molecule has 2 aliphatic heterocycles. The molecule has 1 amide bonds. The van der Waals surface area contributed by atoms with Crippen LogP contribution in [0.4, 0.5) is 4.39 Å². The van der Waals surface area contributed by atoms with Crippen molar-refractivity contribution in [3.05, 3.63) is 80.5 Å². The van der Waals surface area contributed by atoms with E-state index in [1.54, 1.807) is 17.0 Å². The van der Waals surface area contributed by atoms with Gasteiger partial charge in [-0.1, -0.05) is 12.1 Å². The topological polar surface area (TPSA) is 63.0 Å². The van der Waals surface area contributed by atoms with Crippen LogP contribution in [0.1, 0.15) is 38.9 Å². The molecule has 3 heterocycles. The minimum absolute atomic E-state index is 0.0852. The van der Waals surface area contributed by atoms with E-state index in [0.29, 0.717) is 48.4 Å². The van der Waals surface area contributed by atoms with Crippen LogP contribution in [-0.2, 0) is 4.74 Å². The molecule has 1 aromatic heterocycles. The molecular formula is C25H25FN2O4.